The zero-order valence-electron chi connectivity index (χ0n) is 7.46. The van der Waals surface area contributed by atoms with E-state index in [1.807, 2.05) is 11.8 Å². The molecule has 1 nitrogen and oxygen atoms in total. The number of hydrogen-bond acceptors (Lipinski definition) is 2. The van der Waals surface area contributed by atoms with Crippen molar-refractivity contribution in [2.24, 2.45) is 5.73 Å². The van der Waals surface area contributed by atoms with Crippen molar-refractivity contribution >= 4 is 27.7 Å². The number of benzene rings is 1. The van der Waals surface area contributed by atoms with E-state index in [1.54, 1.807) is 0 Å². The van der Waals surface area contributed by atoms with E-state index in [0.29, 0.717) is 5.92 Å². The van der Waals surface area contributed by atoms with Crippen LogP contribution in [0.5, 0.6) is 0 Å². The number of thioether (sulfide) groups is 1. The highest BCUT2D eigenvalue weighted by atomic mass is 79.9. The van der Waals surface area contributed by atoms with Crippen LogP contribution in [-0.4, -0.2) is 11.8 Å². The second kappa shape index (κ2) is 3.64. The molecule has 0 aromatic heterocycles. The van der Waals surface area contributed by atoms with Crippen molar-refractivity contribution in [1.82, 2.24) is 0 Å². The molecule has 2 unspecified atom stereocenters. The first-order chi connectivity index (χ1) is 6.20. The minimum absolute atomic E-state index is 0.253. The summed E-state index contributed by atoms with van der Waals surface area (Å²) in [6, 6.07) is 6.62. The third-order valence-electron chi connectivity index (χ3n) is 2.44. The van der Waals surface area contributed by atoms with Gasteiger partial charge in [-0.1, -0.05) is 12.1 Å². The molecule has 2 rings (SSSR count). The molecule has 70 valence electrons. The highest BCUT2D eigenvalue weighted by Gasteiger charge is 2.26. The largest absolute Gasteiger partial charge is 0.327 e. The summed E-state index contributed by atoms with van der Waals surface area (Å²) >= 11 is 5.47. The molecule has 0 saturated carbocycles. The van der Waals surface area contributed by atoms with E-state index in [2.05, 4.69) is 41.1 Å². The van der Waals surface area contributed by atoms with Crippen molar-refractivity contribution in [2.75, 3.05) is 5.75 Å². The van der Waals surface area contributed by atoms with E-state index >= 15 is 0 Å². The Kier molecular flexibility index (Phi) is 2.67. The van der Waals surface area contributed by atoms with Crippen LogP contribution < -0.4 is 5.73 Å². The monoisotopic (exact) mass is 257 g/mol. The zero-order valence-corrected chi connectivity index (χ0v) is 9.86. The van der Waals surface area contributed by atoms with Crippen LogP contribution in [0, 0.1) is 0 Å². The smallest absolute Gasteiger partial charge is 0.0314 e. The summed E-state index contributed by atoms with van der Waals surface area (Å²) in [5.41, 5.74) is 7.35. The van der Waals surface area contributed by atoms with Gasteiger partial charge in [-0.05, 0) is 34.5 Å². The quantitative estimate of drug-likeness (QED) is 0.838. The first-order valence-electron chi connectivity index (χ1n) is 4.37. The van der Waals surface area contributed by atoms with E-state index in [1.165, 1.54) is 14.9 Å². The number of rotatable bonds is 1. The summed E-state index contributed by atoms with van der Waals surface area (Å²) in [5, 5.41) is 0. The standard InChI is InChI=1S/C10H12BrNS/c1-6(12)8-5-13-10-7(8)3-2-4-9(10)11/h2-4,6,8H,5,12H2,1H3. The van der Waals surface area contributed by atoms with Gasteiger partial charge in [-0.15, -0.1) is 11.8 Å². The molecular weight excluding hydrogens is 246 g/mol. The van der Waals surface area contributed by atoms with Crippen LogP contribution in [0.1, 0.15) is 18.4 Å². The molecule has 1 aromatic rings. The Morgan fingerprint density at radius 1 is 1.62 bits per heavy atom. The molecule has 1 heterocycles. The first kappa shape index (κ1) is 9.56. The van der Waals surface area contributed by atoms with Gasteiger partial charge in [-0.3, -0.25) is 0 Å². The number of nitrogens with two attached hydrogens (primary N) is 1. The molecule has 0 bridgehead atoms. The summed E-state index contributed by atoms with van der Waals surface area (Å²) in [6.07, 6.45) is 0. The van der Waals surface area contributed by atoms with E-state index in [4.69, 9.17) is 5.73 Å². The van der Waals surface area contributed by atoms with Crippen molar-refractivity contribution in [2.45, 2.75) is 23.8 Å². The molecule has 2 N–H and O–H groups in total. The molecule has 0 fully saturated rings. The Bertz CT molecular complexity index is 325. The first-order valence-corrected chi connectivity index (χ1v) is 6.15. The van der Waals surface area contributed by atoms with E-state index in [-0.39, 0.29) is 6.04 Å². The summed E-state index contributed by atoms with van der Waals surface area (Å²) in [5.74, 6) is 1.65. The zero-order chi connectivity index (χ0) is 9.42. The fourth-order valence-electron chi connectivity index (χ4n) is 1.67. The van der Waals surface area contributed by atoms with E-state index in [0.717, 1.165) is 5.75 Å². The highest BCUT2D eigenvalue weighted by Crippen LogP contribution is 2.44. The van der Waals surface area contributed by atoms with Gasteiger partial charge in [0.05, 0.1) is 0 Å². The average molecular weight is 258 g/mol. The van der Waals surface area contributed by atoms with Crippen LogP contribution in [-0.2, 0) is 0 Å². The van der Waals surface area contributed by atoms with E-state index in [9.17, 15) is 0 Å². The number of hydrogen-bond donors (Lipinski definition) is 1. The molecule has 0 amide bonds. The van der Waals surface area contributed by atoms with Gasteiger partial charge in [0.25, 0.3) is 0 Å². The van der Waals surface area contributed by atoms with Crippen molar-refractivity contribution in [3.8, 4) is 0 Å². The van der Waals surface area contributed by atoms with Crippen LogP contribution in [0.4, 0.5) is 0 Å². The maximum Gasteiger partial charge on any atom is 0.0314 e. The Morgan fingerprint density at radius 3 is 3.08 bits per heavy atom. The van der Waals surface area contributed by atoms with Crippen molar-refractivity contribution in [3.63, 3.8) is 0 Å². The Labute approximate surface area is 91.2 Å². The van der Waals surface area contributed by atoms with Gasteiger partial charge in [-0.25, -0.2) is 0 Å². The minimum atomic E-state index is 0.253. The molecule has 3 heteroatoms. The average Bonchev–Trinajstić information content (AvgIpc) is 2.48. The Balaban J connectivity index is 2.43. The lowest BCUT2D eigenvalue weighted by molar-refractivity contribution is 0.622. The number of halogens is 1. The third kappa shape index (κ3) is 1.65. The second-order valence-corrected chi connectivity index (χ2v) is 5.32. The van der Waals surface area contributed by atoms with Crippen molar-refractivity contribution in [1.29, 1.82) is 0 Å². The summed E-state index contributed by atoms with van der Waals surface area (Å²) in [4.78, 5) is 1.38. The summed E-state index contributed by atoms with van der Waals surface area (Å²) in [7, 11) is 0. The molecule has 13 heavy (non-hydrogen) atoms. The van der Waals surface area contributed by atoms with Crippen LogP contribution in [0.15, 0.2) is 27.6 Å². The SMILES string of the molecule is CC(N)C1CSc2c(Br)cccc21. The molecular formula is C10H12BrNS. The third-order valence-corrected chi connectivity index (χ3v) is 4.63. The molecule has 0 spiro atoms. The highest BCUT2D eigenvalue weighted by molar-refractivity contribution is 9.10. The molecule has 1 aromatic carbocycles. The predicted octanol–water partition coefficient (Wildman–Crippen LogP) is 2.99. The van der Waals surface area contributed by atoms with Crippen LogP contribution in [0.2, 0.25) is 0 Å². The molecule has 2 atom stereocenters. The lowest BCUT2D eigenvalue weighted by Gasteiger charge is -2.14. The van der Waals surface area contributed by atoms with E-state index < -0.39 is 0 Å². The summed E-state index contributed by atoms with van der Waals surface area (Å²) < 4.78 is 1.21. The van der Waals surface area contributed by atoms with Crippen LogP contribution >= 0.6 is 27.7 Å². The fourth-order valence-corrected chi connectivity index (χ4v) is 3.81. The predicted molar refractivity (Wildman–Crippen MR) is 61.3 cm³/mol. The van der Waals surface area contributed by atoms with Crippen molar-refractivity contribution < 1.29 is 0 Å². The Morgan fingerprint density at radius 2 is 2.38 bits per heavy atom. The fraction of sp³-hybridized carbons (Fsp3) is 0.400. The van der Waals surface area contributed by atoms with Gasteiger partial charge in [0.15, 0.2) is 0 Å². The van der Waals surface area contributed by atoms with Gasteiger partial charge < -0.3 is 5.73 Å². The van der Waals surface area contributed by atoms with Gasteiger partial charge in [0.1, 0.15) is 0 Å². The summed E-state index contributed by atoms with van der Waals surface area (Å²) in [6.45, 7) is 2.08. The normalized spacial score (nSPS) is 22.8. The van der Waals surface area contributed by atoms with Gasteiger partial charge in [0.2, 0.25) is 0 Å². The molecule has 1 aliphatic rings. The lowest BCUT2D eigenvalue weighted by Crippen LogP contribution is -2.24. The Hall–Kier alpha value is 0.0100. The maximum atomic E-state index is 5.93. The van der Waals surface area contributed by atoms with Crippen LogP contribution in [0.3, 0.4) is 0 Å². The molecule has 0 radical (unpaired) electrons. The lowest BCUT2D eigenvalue weighted by atomic mass is 9.95. The molecule has 1 aliphatic heterocycles. The van der Waals surface area contributed by atoms with Crippen molar-refractivity contribution in [3.05, 3.63) is 28.2 Å². The van der Waals surface area contributed by atoms with Gasteiger partial charge in [0, 0.05) is 27.1 Å². The van der Waals surface area contributed by atoms with Gasteiger partial charge >= 0.3 is 0 Å². The molecule has 0 saturated heterocycles. The van der Waals surface area contributed by atoms with Crippen LogP contribution in [0.25, 0.3) is 0 Å². The second-order valence-electron chi connectivity index (χ2n) is 3.43. The number of fused-ring (bicyclic) bond motifs is 1. The topological polar surface area (TPSA) is 26.0 Å². The maximum absolute atomic E-state index is 5.93. The van der Waals surface area contributed by atoms with Gasteiger partial charge in [-0.2, -0.15) is 0 Å². The minimum Gasteiger partial charge on any atom is -0.327 e. The molecule has 0 aliphatic carbocycles.